The number of allylic oxidation sites excluding steroid dienone is 2. The van der Waals surface area contributed by atoms with Crippen molar-refractivity contribution in [1.29, 1.82) is 0 Å². The Labute approximate surface area is 210 Å². The molecule has 1 aliphatic carbocycles. The molecule has 0 bridgehead atoms. The highest BCUT2D eigenvalue weighted by atomic mass is 35.5. The van der Waals surface area contributed by atoms with Crippen LogP contribution in [0.2, 0.25) is 10.0 Å². The molecule has 9 nitrogen and oxygen atoms in total. The number of carbonyl (C=O) groups is 4. The minimum Gasteiger partial charge on any atom is -0.292 e. The van der Waals surface area contributed by atoms with Crippen molar-refractivity contribution in [3.05, 3.63) is 85.4 Å². The predicted octanol–water partition coefficient (Wildman–Crippen LogP) is 4.48. The van der Waals surface area contributed by atoms with Gasteiger partial charge in [-0.05, 0) is 44.0 Å². The van der Waals surface area contributed by atoms with Gasteiger partial charge >= 0.3 is 0 Å². The first kappa shape index (κ1) is 24.6. The van der Waals surface area contributed by atoms with Gasteiger partial charge in [-0.25, -0.2) is 5.01 Å². The van der Waals surface area contributed by atoms with Crippen LogP contribution in [0.15, 0.2) is 54.1 Å². The highest BCUT2D eigenvalue weighted by molar-refractivity contribution is 6.37. The summed E-state index contributed by atoms with van der Waals surface area (Å²) in [4.78, 5) is 64.1. The normalized spacial score (nSPS) is 19.3. The Morgan fingerprint density at radius 1 is 1.09 bits per heavy atom. The number of hydrogen-bond donors (Lipinski definition) is 0. The van der Waals surface area contributed by atoms with Crippen LogP contribution >= 0.6 is 23.2 Å². The number of para-hydroxylation sites is 1. The molecule has 1 saturated heterocycles. The van der Waals surface area contributed by atoms with Crippen molar-refractivity contribution in [3.8, 4) is 0 Å². The third-order valence-electron chi connectivity index (χ3n) is 6.13. The molecule has 2 aliphatic rings. The first-order valence-electron chi connectivity index (χ1n) is 10.7. The Hall–Kier alpha value is -3.56. The standard InChI is InChI=1S/C24H19Cl2N3O6/c1-13-6-8-15-18(10-13)24(33)28(23(15)32)27(12-21(30)16-9-7-14(25)11-19(16)26)22(31)17-4-2-3-5-20(17)29(34)35/h2-7,9,11,15,18H,8,10,12H2,1H3/t15-,18-/m1/s1. The van der Waals surface area contributed by atoms with Gasteiger partial charge in [-0.15, -0.1) is 0 Å². The fourth-order valence-electron chi connectivity index (χ4n) is 4.38. The van der Waals surface area contributed by atoms with Gasteiger partial charge in [-0.2, -0.15) is 5.01 Å². The van der Waals surface area contributed by atoms with E-state index in [4.69, 9.17) is 23.2 Å². The summed E-state index contributed by atoms with van der Waals surface area (Å²) in [6, 6.07) is 9.27. The highest BCUT2D eigenvalue weighted by Crippen LogP contribution is 2.39. The van der Waals surface area contributed by atoms with Crippen LogP contribution < -0.4 is 0 Å². The van der Waals surface area contributed by atoms with E-state index in [2.05, 4.69) is 0 Å². The van der Waals surface area contributed by atoms with Gasteiger partial charge in [0.25, 0.3) is 23.4 Å². The smallest absolute Gasteiger partial charge is 0.282 e. The third kappa shape index (κ3) is 4.56. The van der Waals surface area contributed by atoms with Crippen LogP contribution in [0.5, 0.6) is 0 Å². The number of Topliss-reactive ketones (excluding diaryl/α,β-unsaturated/α-hetero) is 1. The summed E-state index contributed by atoms with van der Waals surface area (Å²) < 4.78 is 0. The maximum atomic E-state index is 13.6. The molecule has 0 unspecified atom stereocenters. The number of ketones is 1. The van der Waals surface area contributed by atoms with E-state index >= 15 is 0 Å². The Balaban J connectivity index is 1.76. The predicted molar refractivity (Wildman–Crippen MR) is 127 cm³/mol. The largest absolute Gasteiger partial charge is 0.292 e. The topological polar surface area (TPSA) is 118 Å². The van der Waals surface area contributed by atoms with Gasteiger partial charge in [0.05, 0.1) is 21.8 Å². The molecule has 35 heavy (non-hydrogen) atoms. The second kappa shape index (κ2) is 9.59. The second-order valence-corrected chi connectivity index (χ2v) is 9.22. The van der Waals surface area contributed by atoms with Gasteiger partial charge in [-0.1, -0.05) is 47.0 Å². The number of hydrazine groups is 1. The number of nitro groups is 1. The van der Waals surface area contributed by atoms with Gasteiger partial charge in [0.2, 0.25) is 0 Å². The molecular formula is C24H19Cl2N3O6. The quantitative estimate of drug-likeness (QED) is 0.184. The zero-order valence-electron chi connectivity index (χ0n) is 18.4. The summed E-state index contributed by atoms with van der Waals surface area (Å²) in [7, 11) is 0. The average Bonchev–Trinajstić information content (AvgIpc) is 3.06. The summed E-state index contributed by atoms with van der Waals surface area (Å²) >= 11 is 12.1. The van der Waals surface area contributed by atoms with E-state index in [0.29, 0.717) is 22.9 Å². The van der Waals surface area contributed by atoms with Crippen molar-refractivity contribution in [2.45, 2.75) is 19.8 Å². The Kier molecular flexibility index (Phi) is 6.73. The van der Waals surface area contributed by atoms with Crippen LogP contribution in [-0.4, -0.2) is 45.0 Å². The summed E-state index contributed by atoms with van der Waals surface area (Å²) in [5.74, 6) is -4.33. The summed E-state index contributed by atoms with van der Waals surface area (Å²) in [6.07, 6.45) is 2.53. The molecule has 0 aromatic heterocycles. The van der Waals surface area contributed by atoms with Crippen LogP contribution in [0.4, 0.5) is 5.69 Å². The number of amides is 3. The van der Waals surface area contributed by atoms with Crippen molar-refractivity contribution in [1.82, 2.24) is 10.0 Å². The molecule has 2 aromatic carbocycles. The van der Waals surface area contributed by atoms with Crippen molar-refractivity contribution in [3.63, 3.8) is 0 Å². The molecule has 0 N–H and O–H groups in total. The maximum absolute atomic E-state index is 13.6. The van der Waals surface area contributed by atoms with Crippen molar-refractivity contribution >= 4 is 52.4 Å². The first-order chi connectivity index (χ1) is 16.6. The average molecular weight is 516 g/mol. The van der Waals surface area contributed by atoms with Crippen molar-refractivity contribution < 1.29 is 24.1 Å². The number of halogens is 2. The fourth-order valence-corrected chi connectivity index (χ4v) is 4.89. The van der Waals surface area contributed by atoms with Crippen LogP contribution in [-0.2, 0) is 9.59 Å². The lowest BCUT2D eigenvalue weighted by molar-refractivity contribution is -0.385. The molecule has 1 fully saturated rings. The Morgan fingerprint density at radius 3 is 2.46 bits per heavy atom. The van der Waals surface area contributed by atoms with E-state index in [1.54, 1.807) is 0 Å². The molecular weight excluding hydrogens is 497 g/mol. The molecule has 0 radical (unpaired) electrons. The van der Waals surface area contributed by atoms with E-state index in [1.807, 2.05) is 13.0 Å². The number of nitro benzene ring substituents is 1. The van der Waals surface area contributed by atoms with E-state index in [-0.39, 0.29) is 21.2 Å². The molecule has 2 atom stereocenters. The number of fused-ring (bicyclic) bond motifs is 1. The number of benzene rings is 2. The van der Waals surface area contributed by atoms with Crippen LogP contribution in [0.1, 0.15) is 40.5 Å². The fraction of sp³-hybridized carbons (Fsp3) is 0.250. The van der Waals surface area contributed by atoms with Crippen LogP contribution in [0, 0.1) is 22.0 Å². The number of hydrogen-bond acceptors (Lipinski definition) is 6. The molecule has 11 heteroatoms. The second-order valence-electron chi connectivity index (χ2n) is 8.38. The zero-order valence-corrected chi connectivity index (χ0v) is 20.0. The van der Waals surface area contributed by atoms with Crippen molar-refractivity contribution in [2.24, 2.45) is 11.8 Å². The van der Waals surface area contributed by atoms with Crippen molar-refractivity contribution in [2.75, 3.05) is 6.54 Å². The number of nitrogens with zero attached hydrogens (tertiary/aromatic N) is 3. The lowest BCUT2D eigenvalue weighted by atomic mass is 9.82. The van der Waals surface area contributed by atoms with Gasteiger partial charge in [0.1, 0.15) is 12.1 Å². The molecule has 1 heterocycles. The van der Waals surface area contributed by atoms with Gasteiger partial charge in [-0.3, -0.25) is 29.3 Å². The molecule has 4 rings (SSSR count). The number of carbonyl (C=O) groups excluding carboxylic acids is 4. The summed E-state index contributed by atoms with van der Waals surface area (Å²) in [5.41, 5.74) is 0.0751. The highest BCUT2D eigenvalue weighted by Gasteiger charge is 2.52. The molecule has 0 saturated carbocycles. The maximum Gasteiger partial charge on any atom is 0.282 e. The molecule has 1 aliphatic heterocycles. The Bertz CT molecular complexity index is 1310. The van der Waals surface area contributed by atoms with Gasteiger partial charge in [0, 0.05) is 16.7 Å². The van der Waals surface area contributed by atoms with E-state index in [0.717, 1.165) is 11.6 Å². The van der Waals surface area contributed by atoms with E-state index in [1.165, 1.54) is 36.4 Å². The molecule has 180 valence electrons. The SMILES string of the molecule is CC1=CC[C@H]2C(=O)N(N(CC(=O)c3ccc(Cl)cc3Cl)C(=O)c3ccccc3[N+](=O)[O-])C(=O)[C@@H]2C1. The lowest BCUT2D eigenvalue weighted by Crippen LogP contribution is -2.52. The number of rotatable bonds is 6. The molecule has 2 aromatic rings. The molecule has 3 amide bonds. The van der Waals surface area contributed by atoms with E-state index in [9.17, 15) is 29.3 Å². The van der Waals surface area contributed by atoms with Crippen LogP contribution in [0.3, 0.4) is 0 Å². The van der Waals surface area contributed by atoms with E-state index < -0.39 is 52.5 Å². The summed E-state index contributed by atoms with van der Waals surface area (Å²) in [6.45, 7) is 1.11. The zero-order chi connectivity index (χ0) is 25.4. The van der Waals surface area contributed by atoms with Crippen LogP contribution in [0.25, 0.3) is 0 Å². The first-order valence-corrected chi connectivity index (χ1v) is 11.4. The lowest BCUT2D eigenvalue weighted by Gasteiger charge is -2.30. The summed E-state index contributed by atoms with van der Waals surface area (Å²) in [5, 5.41) is 13.2. The minimum absolute atomic E-state index is 0.0189. The molecule has 0 spiro atoms. The number of imide groups is 1. The Morgan fingerprint density at radius 2 is 1.77 bits per heavy atom. The van der Waals surface area contributed by atoms with Gasteiger partial charge in [0.15, 0.2) is 5.78 Å². The third-order valence-corrected chi connectivity index (χ3v) is 6.68. The minimum atomic E-state index is -1.03. The van der Waals surface area contributed by atoms with Gasteiger partial charge < -0.3 is 0 Å². The monoisotopic (exact) mass is 515 g/mol.